The fourth-order valence-electron chi connectivity index (χ4n) is 3.34. The highest BCUT2D eigenvalue weighted by molar-refractivity contribution is 7.25. The third-order valence-corrected chi connectivity index (χ3v) is 5.96. The van der Waals surface area contributed by atoms with E-state index >= 15 is 0 Å². The number of pyridine rings is 1. The van der Waals surface area contributed by atoms with Crippen molar-refractivity contribution < 1.29 is 14.3 Å². The Kier molecular flexibility index (Phi) is 5.37. The number of carbonyl (C=O) groups is 1. The Morgan fingerprint density at radius 2 is 2.07 bits per heavy atom. The molecule has 1 atom stereocenters. The molecule has 0 saturated carbocycles. The molecule has 8 nitrogen and oxygen atoms in total. The summed E-state index contributed by atoms with van der Waals surface area (Å²) in [4.78, 5) is 35.7. The number of fused-ring (bicyclic) bond motifs is 3. The summed E-state index contributed by atoms with van der Waals surface area (Å²) < 4.78 is 12.4. The molecule has 0 aliphatic heterocycles. The zero-order chi connectivity index (χ0) is 21.3. The molecule has 1 aromatic carbocycles. The molecule has 0 radical (unpaired) electrons. The highest BCUT2D eigenvalue weighted by atomic mass is 32.1. The second kappa shape index (κ2) is 8.11. The summed E-state index contributed by atoms with van der Waals surface area (Å²) >= 11 is 1.28. The van der Waals surface area contributed by atoms with E-state index in [1.165, 1.54) is 29.3 Å². The molecule has 3 aromatic heterocycles. The molecule has 154 valence electrons. The number of anilines is 1. The molecule has 30 heavy (non-hydrogen) atoms. The Labute approximate surface area is 176 Å². The van der Waals surface area contributed by atoms with Gasteiger partial charge < -0.3 is 14.8 Å². The van der Waals surface area contributed by atoms with Crippen LogP contribution in [-0.2, 0) is 4.79 Å². The predicted molar refractivity (Wildman–Crippen MR) is 117 cm³/mol. The maximum atomic E-state index is 13.2. The molecule has 0 spiro atoms. The number of hydrogen-bond acceptors (Lipinski definition) is 7. The number of aromatic nitrogens is 3. The standard InChI is InChI=1S/C21H20N4O4S/c1-4-15(19(26)24-14-10-12(28-2)7-8-16(14)29-3)25-11-23-17-13-6-5-9-22-20(13)30-18(17)21(25)27/h5-11,15H,4H2,1-3H3,(H,24,26)/t15-/m0/s1. The summed E-state index contributed by atoms with van der Waals surface area (Å²) in [5.74, 6) is 0.735. The average Bonchev–Trinajstić information content (AvgIpc) is 3.15. The number of amides is 1. The SMILES string of the molecule is CC[C@@H](C(=O)Nc1cc(OC)ccc1OC)n1cnc2c(sc3ncccc32)c1=O. The van der Waals surface area contributed by atoms with E-state index < -0.39 is 6.04 Å². The molecule has 3 heterocycles. The van der Waals surface area contributed by atoms with Gasteiger partial charge in [0.05, 0.1) is 31.8 Å². The van der Waals surface area contributed by atoms with E-state index in [0.29, 0.717) is 33.8 Å². The summed E-state index contributed by atoms with van der Waals surface area (Å²) in [7, 11) is 3.06. The summed E-state index contributed by atoms with van der Waals surface area (Å²) in [6, 6.07) is 8.08. The molecule has 0 aliphatic rings. The van der Waals surface area contributed by atoms with Crippen molar-refractivity contribution in [2.75, 3.05) is 19.5 Å². The molecule has 0 fully saturated rings. The summed E-state index contributed by atoms with van der Waals surface area (Å²) in [5, 5.41) is 3.68. The lowest BCUT2D eigenvalue weighted by Gasteiger charge is -2.19. The van der Waals surface area contributed by atoms with Gasteiger partial charge >= 0.3 is 0 Å². The number of thiophene rings is 1. The number of nitrogens with one attached hydrogen (secondary N) is 1. The van der Waals surface area contributed by atoms with Gasteiger partial charge in [-0.3, -0.25) is 14.2 Å². The molecular formula is C21H20N4O4S. The minimum atomic E-state index is -0.733. The fourth-order valence-corrected chi connectivity index (χ4v) is 4.37. The Bertz CT molecular complexity index is 1300. The van der Waals surface area contributed by atoms with Gasteiger partial charge in [0.1, 0.15) is 27.1 Å². The van der Waals surface area contributed by atoms with Crippen LogP contribution < -0.4 is 20.3 Å². The van der Waals surface area contributed by atoms with E-state index in [0.717, 1.165) is 10.2 Å². The lowest BCUT2D eigenvalue weighted by Crippen LogP contribution is -2.33. The first-order valence-corrected chi connectivity index (χ1v) is 10.2. The van der Waals surface area contributed by atoms with E-state index in [-0.39, 0.29) is 11.5 Å². The van der Waals surface area contributed by atoms with Crippen LogP contribution in [0.1, 0.15) is 19.4 Å². The third kappa shape index (κ3) is 3.37. The van der Waals surface area contributed by atoms with Gasteiger partial charge in [0, 0.05) is 17.6 Å². The lowest BCUT2D eigenvalue weighted by molar-refractivity contribution is -0.119. The van der Waals surface area contributed by atoms with Gasteiger partial charge in [-0.05, 0) is 30.7 Å². The maximum absolute atomic E-state index is 13.2. The Morgan fingerprint density at radius 1 is 1.23 bits per heavy atom. The first-order chi connectivity index (χ1) is 14.6. The Hall–Kier alpha value is -3.46. The fraction of sp³-hybridized carbons (Fsp3) is 0.238. The number of rotatable bonds is 6. The van der Waals surface area contributed by atoms with Gasteiger partial charge in [0.2, 0.25) is 5.91 Å². The van der Waals surface area contributed by atoms with Crippen molar-refractivity contribution in [3.8, 4) is 11.5 Å². The van der Waals surface area contributed by atoms with Gasteiger partial charge in [-0.1, -0.05) is 6.92 Å². The van der Waals surface area contributed by atoms with E-state index in [9.17, 15) is 9.59 Å². The Morgan fingerprint density at radius 3 is 2.80 bits per heavy atom. The number of ether oxygens (including phenoxy) is 2. The zero-order valence-electron chi connectivity index (χ0n) is 16.7. The van der Waals surface area contributed by atoms with Crippen LogP contribution in [0.2, 0.25) is 0 Å². The predicted octanol–water partition coefficient (Wildman–Crippen LogP) is 3.61. The summed E-state index contributed by atoms with van der Waals surface area (Å²) in [5.41, 5.74) is 0.810. The largest absolute Gasteiger partial charge is 0.497 e. The topological polar surface area (TPSA) is 95.3 Å². The molecule has 0 aliphatic carbocycles. The van der Waals surface area contributed by atoms with Crippen LogP contribution in [0.5, 0.6) is 11.5 Å². The Balaban J connectivity index is 1.73. The molecule has 0 bridgehead atoms. The molecule has 1 N–H and O–H groups in total. The first-order valence-electron chi connectivity index (χ1n) is 9.34. The molecule has 4 rings (SSSR count). The van der Waals surface area contributed by atoms with Crippen LogP contribution in [0.15, 0.2) is 47.7 Å². The van der Waals surface area contributed by atoms with Crippen molar-refractivity contribution in [2.45, 2.75) is 19.4 Å². The van der Waals surface area contributed by atoms with Gasteiger partial charge in [-0.25, -0.2) is 9.97 Å². The van der Waals surface area contributed by atoms with Crippen molar-refractivity contribution in [2.24, 2.45) is 0 Å². The molecule has 0 saturated heterocycles. The molecule has 4 aromatic rings. The van der Waals surface area contributed by atoms with E-state index in [4.69, 9.17) is 9.47 Å². The molecule has 1 amide bonds. The van der Waals surface area contributed by atoms with Crippen LogP contribution in [0.3, 0.4) is 0 Å². The van der Waals surface area contributed by atoms with Crippen LogP contribution >= 0.6 is 11.3 Å². The van der Waals surface area contributed by atoms with E-state index in [1.807, 2.05) is 19.1 Å². The third-order valence-electron chi connectivity index (χ3n) is 4.87. The van der Waals surface area contributed by atoms with Crippen LogP contribution in [0.4, 0.5) is 5.69 Å². The molecular weight excluding hydrogens is 404 g/mol. The molecule has 0 unspecified atom stereocenters. The number of hydrogen-bond donors (Lipinski definition) is 1. The molecule has 9 heteroatoms. The minimum absolute atomic E-state index is 0.261. The normalized spacial score (nSPS) is 12.1. The van der Waals surface area contributed by atoms with Gasteiger partial charge in [0.25, 0.3) is 5.56 Å². The van der Waals surface area contributed by atoms with Crippen LogP contribution in [0, 0.1) is 0 Å². The van der Waals surface area contributed by atoms with Gasteiger partial charge in [0.15, 0.2) is 0 Å². The highest BCUT2D eigenvalue weighted by Gasteiger charge is 2.23. The number of benzene rings is 1. The quantitative estimate of drug-likeness (QED) is 0.508. The minimum Gasteiger partial charge on any atom is -0.497 e. The average molecular weight is 424 g/mol. The smallest absolute Gasteiger partial charge is 0.272 e. The second-order valence-corrected chi connectivity index (χ2v) is 7.57. The first kappa shape index (κ1) is 19.8. The number of nitrogens with zero attached hydrogens (tertiary/aromatic N) is 3. The highest BCUT2D eigenvalue weighted by Crippen LogP contribution is 2.31. The van der Waals surface area contributed by atoms with Crippen molar-refractivity contribution in [3.05, 3.63) is 53.2 Å². The second-order valence-electron chi connectivity index (χ2n) is 6.57. The summed E-state index contributed by atoms with van der Waals surface area (Å²) in [6.07, 6.45) is 3.52. The van der Waals surface area contributed by atoms with Crippen molar-refractivity contribution in [1.82, 2.24) is 14.5 Å². The maximum Gasteiger partial charge on any atom is 0.272 e. The van der Waals surface area contributed by atoms with Crippen LogP contribution in [-0.4, -0.2) is 34.7 Å². The van der Waals surface area contributed by atoms with Gasteiger partial charge in [-0.15, -0.1) is 11.3 Å². The summed E-state index contributed by atoms with van der Waals surface area (Å²) in [6.45, 7) is 1.84. The van der Waals surface area contributed by atoms with Crippen molar-refractivity contribution in [3.63, 3.8) is 0 Å². The zero-order valence-corrected chi connectivity index (χ0v) is 17.5. The monoisotopic (exact) mass is 424 g/mol. The number of carbonyl (C=O) groups excluding carboxylic acids is 1. The van der Waals surface area contributed by atoms with Crippen molar-refractivity contribution >= 4 is 43.4 Å². The van der Waals surface area contributed by atoms with Crippen LogP contribution in [0.25, 0.3) is 20.4 Å². The lowest BCUT2D eigenvalue weighted by atomic mass is 10.2. The van der Waals surface area contributed by atoms with E-state index in [2.05, 4.69) is 15.3 Å². The van der Waals surface area contributed by atoms with Crippen molar-refractivity contribution in [1.29, 1.82) is 0 Å². The number of methoxy groups -OCH3 is 2. The van der Waals surface area contributed by atoms with E-state index in [1.54, 1.807) is 31.5 Å². The van der Waals surface area contributed by atoms with Gasteiger partial charge in [-0.2, -0.15) is 0 Å².